The fourth-order valence-corrected chi connectivity index (χ4v) is 1.28. The molecule has 0 spiro atoms. The number of aldehydes is 1. The number of benzene rings is 1. The third kappa shape index (κ3) is 4.09. The Morgan fingerprint density at radius 3 is 2.56 bits per heavy atom. The lowest BCUT2D eigenvalue weighted by molar-refractivity contribution is -0.120. The normalized spacial score (nSPS) is 10.3. The van der Waals surface area contributed by atoms with Crippen molar-refractivity contribution in [2.75, 3.05) is 7.05 Å². The molecule has 16 heavy (non-hydrogen) atoms. The van der Waals surface area contributed by atoms with Crippen LogP contribution in [0.2, 0.25) is 0 Å². The van der Waals surface area contributed by atoms with Crippen LogP contribution in [0.25, 0.3) is 6.08 Å². The Hall–Kier alpha value is -1.90. The van der Waals surface area contributed by atoms with Crippen LogP contribution in [-0.2, 0) is 16.0 Å². The molecule has 0 radical (unpaired) electrons. The molecule has 84 valence electrons. The van der Waals surface area contributed by atoms with Gasteiger partial charge in [0.05, 0.1) is 6.42 Å². The Bertz CT molecular complexity index is 379. The van der Waals surface area contributed by atoms with Crippen molar-refractivity contribution in [3.05, 3.63) is 41.5 Å². The minimum absolute atomic E-state index is 0.00393. The highest BCUT2D eigenvalue weighted by Crippen LogP contribution is 2.07. The van der Waals surface area contributed by atoms with Crippen LogP contribution >= 0.6 is 0 Å². The average molecular weight is 217 g/mol. The van der Waals surface area contributed by atoms with E-state index in [2.05, 4.69) is 5.32 Å². The van der Waals surface area contributed by atoms with Crippen molar-refractivity contribution < 1.29 is 9.59 Å². The summed E-state index contributed by atoms with van der Waals surface area (Å²) in [5.41, 5.74) is 2.01. The van der Waals surface area contributed by atoms with E-state index in [9.17, 15) is 9.59 Å². The fraction of sp³-hybridized carbons (Fsp3) is 0.231. The van der Waals surface area contributed by atoms with Crippen LogP contribution in [-0.4, -0.2) is 19.2 Å². The highest BCUT2D eigenvalue weighted by Gasteiger charge is 1.99. The summed E-state index contributed by atoms with van der Waals surface area (Å²) in [4.78, 5) is 21.2. The lowest BCUT2D eigenvalue weighted by atomic mass is 10.1. The Morgan fingerprint density at radius 1 is 1.31 bits per heavy atom. The first-order valence-electron chi connectivity index (χ1n) is 5.16. The highest BCUT2D eigenvalue weighted by atomic mass is 16.1. The molecular formula is C13H15NO2. The second-order valence-electron chi connectivity index (χ2n) is 3.40. The van der Waals surface area contributed by atoms with Crippen molar-refractivity contribution >= 4 is 18.3 Å². The molecule has 1 aromatic carbocycles. The summed E-state index contributed by atoms with van der Waals surface area (Å²) in [5.74, 6) is 0.00393. The number of allylic oxidation sites excluding steroid dienone is 1. The standard InChI is InChI=1S/C13H15NO2/c1-14-13(16)10-12-7-5-11(6-8-12)4-2-3-9-15/h2,4-9H,3,10H2,1H3,(H,14,16). The van der Waals surface area contributed by atoms with Gasteiger partial charge in [-0.25, -0.2) is 0 Å². The summed E-state index contributed by atoms with van der Waals surface area (Å²) in [6.07, 6.45) is 5.38. The van der Waals surface area contributed by atoms with Gasteiger partial charge in [-0.05, 0) is 11.1 Å². The van der Waals surface area contributed by atoms with E-state index >= 15 is 0 Å². The number of likely N-dealkylation sites (N-methyl/N-ethyl adjacent to an activating group) is 1. The molecule has 1 amide bonds. The smallest absolute Gasteiger partial charge is 0.224 e. The van der Waals surface area contributed by atoms with Gasteiger partial charge < -0.3 is 10.1 Å². The van der Waals surface area contributed by atoms with Crippen LogP contribution < -0.4 is 5.32 Å². The van der Waals surface area contributed by atoms with Gasteiger partial charge in [0.15, 0.2) is 0 Å². The topological polar surface area (TPSA) is 46.2 Å². The first-order valence-corrected chi connectivity index (χ1v) is 5.16. The second kappa shape index (κ2) is 6.56. The predicted octanol–water partition coefficient (Wildman–Crippen LogP) is 1.58. The minimum atomic E-state index is 0.00393. The third-order valence-corrected chi connectivity index (χ3v) is 2.17. The van der Waals surface area contributed by atoms with Gasteiger partial charge in [0, 0.05) is 13.5 Å². The van der Waals surface area contributed by atoms with Gasteiger partial charge in [0.25, 0.3) is 0 Å². The molecule has 0 atom stereocenters. The van der Waals surface area contributed by atoms with E-state index in [0.717, 1.165) is 17.4 Å². The maximum Gasteiger partial charge on any atom is 0.224 e. The third-order valence-electron chi connectivity index (χ3n) is 2.17. The highest BCUT2D eigenvalue weighted by molar-refractivity contribution is 5.78. The van der Waals surface area contributed by atoms with E-state index in [-0.39, 0.29) is 5.91 Å². The summed E-state index contributed by atoms with van der Waals surface area (Å²) in [6.45, 7) is 0. The van der Waals surface area contributed by atoms with Crippen molar-refractivity contribution in [2.45, 2.75) is 12.8 Å². The van der Waals surface area contributed by atoms with Crippen LogP contribution in [0.3, 0.4) is 0 Å². The van der Waals surface area contributed by atoms with Gasteiger partial charge in [-0.3, -0.25) is 4.79 Å². The Labute approximate surface area is 95.2 Å². The van der Waals surface area contributed by atoms with E-state index in [1.54, 1.807) is 13.1 Å². The van der Waals surface area contributed by atoms with Crippen LogP contribution in [0.5, 0.6) is 0 Å². The molecule has 0 aliphatic heterocycles. The Balaban J connectivity index is 2.60. The predicted molar refractivity (Wildman–Crippen MR) is 63.9 cm³/mol. The molecule has 0 aromatic heterocycles. The van der Waals surface area contributed by atoms with Gasteiger partial charge in [-0.15, -0.1) is 0 Å². The van der Waals surface area contributed by atoms with Crippen LogP contribution in [0.15, 0.2) is 30.3 Å². The maximum atomic E-state index is 11.1. The number of nitrogens with one attached hydrogen (secondary N) is 1. The molecule has 1 aromatic rings. The SMILES string of the molecule is CNC(=O)Cc1ccc(C=CCC=O)cc1. The molecule has 1 rings (SSSR count). The second-order valence-corrected chi connectivity index (χ2v) is 3.40. The van der Waals surface area contributed by atoms with Crippen molar-refractivity contribution in [3.63, 3.8) is 0 Å². The molecule has 0 aliphatic carbocycles. The largest absolute Gasteiger partial charge is 0.359 e. The van der Waals surface area contributed by atoms with Crippen molar-refractivity contribution in [3.8, 4) is 0 Å². The molecule has 1 N–H and O–H groups in total. The van der Waals surface area contributed by atoms with Crippen LogP contribution in [0.4, 0.5) is 0 Å². The van der Waals surface area contributed by atoms with Gasteiger partial charge in [0.1, 0.15) is 6.29 Å². The lowest BCUT2D eigenvalue weighted by Gasteiger charge is -2.00. The van der Waals surface area contributed by atoms with E-state index in [0.29, 0.717) is 12.8 Å². The summed E-state index contributed by atoms with van der Waals surface area (Å²) < 4.78 is 0. The number of amides is 1. The van der Waals surface area contributed by atoms with Gasteiger partial charge in [-0.2, -0.15) is 0 Å². The zero-order valence-electron chi connectivity index (χ0n) is 9.27. The summed E-state index contributed by atoms with van der Waals surface area (Å²) in [6, 6.07) is 7.69. The summed E-state index contributed by atoms with van der Waals surface area (Å²) in [5, 5.41) is 2.58. The molecule has 3 nitrogen and oxygen atoms in total. The van der Waals surface area contributed by atoms with E-state index in [1.165, 1.54) is 0 Å². The van der Waals surface area contributed by atoms with Gasteiger partial charge >= 0.3 is 0 Å². The molecule has 0 fully saturated rings. The number of rotatable bonds is 5. The zero-order valence-corrected chi connectivity index (χ0v) is 9.27. The lowest BCUT2D eigenvalue weighted by Crippen LogP contribution is -2.19. The average Bonchev–Trinajstić information content (AvgIpc) is 2.31. The van der Waals surface area contributed by atoms with Crippen molar-refractivity contribution in [1.29, 1.82) is 0 Å². The number of carbonyl (C=O) groups excluding carboxylic acids is 2. The molecule has 0 aliphatic rings. The molecule has 0 saturated carbocycles. The van der Waals surface area contributed by atoms with Crippen molar-refractivity contribution in [1.82, 2.24) is 5.32 Å². The minimum Gasteiger partial charge on any atom is -0.359 e. The monoisotopic (exact) mass is 217 g/mol. The number of hydrogen-bond donors (Lipinski definition) is 1. The molecular weight excluding hydrogens is 202 g/mol. The van der Waals surface area contributed by atoms with Gasteiger partial charge in [0.2, 0.25) is 5.91 Å². The van der Waals surface area contributed by atoms with E-state index in [4.69, 9.17) is 0 Å². The van der Waals surface area contributed by atoms with Crippen LogP contribution in [0.1, 0.15) is 17.5 Å². The first kappa shape index (κ1) is 12.2. The Kier molecular flexibility index (Phi) is 4.99. The van der Waals surface area contributed by atoms with Crippen molar-refractivity contribution in [2.24, 2.45) is 0 Å². The number of hydrogen-bond acceptors (Lipinski definition) is 2. The molecule has 0 saturated heterocycles. The molecule has 0 unspecified atom stereocenters. The maximum absolute atomic E-state index is 11.1. The first-order chi connectivity index (χ1) is 7.76. The molecule has 0 bridgehead atoms. The summed E-state index contributed by atoms with van der Waals surface area (Å²) in [7, 11) is 1.62. The van der Waals surface area contributed by atoms with Gasteiger partial charge in [-0.1, -0.05) is 36.4 Å². The summed E-state index contributed by atoms with van der Waals surface area (Å²) >= 11 is 0. The number of carbonyl (C=O) groups is 2. The van der Waals surface area contributed by atoms with Crippen LogP contribution in [0, 0.1) is 0 Å². The zero-order chi connectivity index (χ0) is 11.8. The fourth-order valence-electron chi connectivity index (χ4n) is 1.28. The van der Waals surface area contributed by atoms with E-state index < -0.39 is 0 Å². The molecule has 3 heteroatoms. The molecule has 0 heterocycles. The quantitative estimate of drug-likeness (QED) is 0.761. The van der Waals surface area contributed by atoms with E-state index in [1.807, 2.05) is 30.3 Å². The Morgan fingerprint density at radius 2 is 2.00 bits per heavy atom.